The van der Waals surface area contributed by atoms with Crippen LogP contribution in [-0.2, 0) is 14.9 Å². The molecule has 0 radical (unpaired) electrons. The Morgan fingerprint density at radius 3 is 2.12 bits per heavy atom. The molecule has 136 valence electrons. The van der Waals surface area contributed by atoms with Crippen molar-refractivity contribution >= 4 is 17.7 Å². The lowest BCUT2D eigenvalue weighted by atomic mass is 9.77. The number of hydrogen-bond acceptors (Lipinski definition) is 4. The maximum absolute atomic E-state index is 12.3. The summed E-state index contributed by atoms with van der Waals surface area (Å²) in [6.07, 6.45) is -0.710. The molecule has 0 fully saturated rings. The summed E-state index contributed by atoms with van der Waals surface area (Å²) in [5.74, 6) is -1.14. The molecule has 0 aliphatic heterocycles. The number of azide groups is 1. The summed E-state index contributed by atoms with van der Waals surface area (Å²) in [6, 6.07) is 5.42. The van der Waals surface area contributed by atoms with E-state index in [-0.39, 0.29) is 0 Å². The van der Waals surface area contributed by atoms with Gasteiger partial charge >= 0.3 is 12.1 Å². The Labute approximate surface area is 147 Å². The van der Waals surface area contributed by atoms with E-state index in [4.69, 9.17) is 10.3 Å². The molecule has 1 rings (SSSR count). The van der Waals surface area contributed by atoms with Gasteiger partial charge in [-0.25, -0.2) is 9.59 Å². The molecule has 0 unspecified atom stereocenters. The zero-order valence-corrected chi connectivity index (χ0v) is 15.3. The van der Waals surface area contributed by atoms with Crippen LogP contribution in [0.1, 0.15) is 40.2 Å². The van der Waals surface area contributed by atoms with Gasteiger partial charge < -0.3 is 9.84 Å². The zero-order valence-electron chi connectivity index (χ0n) is 15.3. The van der Waals surface area contributed by atoms with E-state index >= 15 is 0 Å². The minimum absolute atomic E-state index is 0.425. The largest absolute Gasteiger partial charge is 0.480 e. The van der Waals surface area contributed by atoms with Gasteiger partial charge in [-0.3, -0.25) is 4.90 Å². The number of benzene rings is 1. The van der Waals surface area contributed by atoms with E-state index in [2.05, 4.69) is 10.0 Å². The minimum Gasteiger partial charge on any atom is -0.480 e. The highest BCUT2D eigenvalue weighted by molar-refractivity contribution is 5.82. The smallest absolute Gasteiger partial charge is 0.410 e. The molecule has 1 aromatic carbocycles. The van der Waals surface area contributed by atoms with E-state index in [1.807, 2.05) is 0 Å². The second-order valence-electron chi connectivity index (χ2n) is 7.29. The molecule has 0 heterocycles. The van der Waals surface area contributed by atoms with Gasteiger partial charge in [0.25, 0.3) is 0 Å². The van der Waals surface area contributed by atoms with Crippen molar-refractivity contribution in [3.05, 3.63) is 40.3 Å². The fourth-order valence-electron chi connectivity index (χ4n) is 2.56. The minimum atomic E-state index is -1.15. The number of aliphatic carboxylic acids is 1. The molecule has 0 bridgehead atoms. The number of rotatable bonds is 5. The number of likely N-dealkylation sites (N-methyl/N-ethyl adjacent to an activating group) is 1. The van der Waals surface area contributed by atoms with E-state index in [0.717, 1.165) is 4.90 Å². The molecule has 1 amide bonds. The maximum atomic E-state index is 12.3. The Kier molecular flexibility index (Phi) is 6.05. The van der Waals surface area contributed by atoms with Crippen LogP contribution in [0.25, 0.3) is 10.4 Å². The van der Waals surface area contributed by atoms with Crippen LogP contribution >= 0.6 is 0 Å². The molecule has 0 saturated carbocycles. The summed E-state index contributed by atoms with van der Waals surface area (Å²) < 4.78 is 5.28. The second-order valence-corrected chi connectivity index (χ2v) is 7.29. The number of carbonyl (C=O) groups is 2. The monoisotopic (exact) mass is 348 g/mol. The zero-order chi connectivity index (χ0) is 19.4. The summed E-state index contributed by atoms with van der Waals surface area (Å²) in [4.78, 5) is 28.0. The molecule has 1 N–H and O–H groups in total. The Morgan fingerprint density at radius 1 is 1.20 bits per heavy atom. The van der Waals surface area contributed by atoms with Crippen molar-refractivity contribution in [1.82, 2.24) is 4.90 Å². The van der Waals surface area contributed by atoms with Gasteiger partial charge in [-0.1, -0.05) is 43.2 Å². The highest BCUT2D eigenvalue weighted by atomic mass is 16.6. The summed E-state index contributed by atoms with van der Waals surface area (Å²) in [5.41, 5.74) is 7.93. The first kappa shape index (κ1) is 20.3. The fourth-order valence-corrected chi connectivity index (χ4v) is 2.56. The Hall–Kier alpha value is -2.73. The maximum Gasteiger partial charge on any atom is 0.410 e. The highest BCUT2D eigenvalue weighted by Crippen LogP contribution is 2.32. The van der Waals surface area contributed by atoms with Crippen molar-refractivity contribution < 1.29 is 19.4 Å². The average molecular weight is 348 g/mol. The van der Waals surface area contributed by atoms with E-state index in [0.29, 0.717) is 11.3 Å². The van der Waals surface area contributed by atoms with Crippen LogP contribution in [0.5, 0.6) is 0 Å². The second kappa shape index (κ2) is 7.44. The van der Waals surface area contributed by atoms with E-state index in [9.17, 15) is 14.7 Å². The van der Waals surface area contributed by atoms with Crippen molar-refractivity contribution in [1.29, 1.82) is 0 Å². The predicted molar refractivity (Wildman–Crippen MR) is 93.7 cm³/mol. The number of carbonyl (C=O) groups excluding carboxylic acids is 1. The molecule has 0 aliphatic carbocycles. The molecule has 8 nitrogen and oxygen atoms in total. The van der Waals surface area contributed by atoms with Crippen LogP contribution < -0.4 is 0 Å². The molecular weight excluding hydrogens is 324 g/mol. The fraction of sp³-hybridized carbons (Fsp3) is 0.529. The predicted octanol–water partition coefficient (Wildman–Crippen LogP) is 4.23. The molecular formula is C17H24N4O4. The van der Waals surface area contributed by atoms with Crippen LogP contribution in [-0.4, -0.2) is 40.8 Å². The van der Waals surface area contributed by atoms with Gasteiger partial charge in [0.1, 0.15) is 11.6 Å². The summed E-state index contributed by atoms with van der Waals surface area (Å²) in [7, 11) is 1.41. The summed E-state index contributed by atoms with van der Waals surface area (Å²) >= 11 is 0. The Morgan fingerprint density at radius 2 is 1.72 bits per heavy atom. The number of carboxylic acids is 1. The average Bonchev–Trinajstić information content (AvgIpc) is 2.45. The lowest BCUT2D eigenvalue weighted by Gasteiger charge is -2.38. The van der Waals surface area contributed by atoms with E-state index in [1.54, 1.807) is 58.9 Å². The van der Waals surface area contributed by atoms with Crippen molar-refractivity contribution in [2.75, 3.05) is 7.05 Å². The third kappa shape index (κ3) is 5.12. The molecule has 1 aromatic rings. The topological polar surface area (TPSA) is 116 Å². The molecule has 8 heteroatoms. The summed E-state index contributed by atoms with van der Waals surface area (Å²) in [5, 5.41) is 13.2. The highest BCUT2D eigenvalue weighted by Gasteiger charge is 2.42. The first-order valence-corrected chi connectivity index (χ1v) is 7.74. The SMILES string of the molecule is CN(C(=O)OC(C)(C)C)[C@H](C(=O)O)C(C)(C)c1ccc(N=[N+]=[N-])cc1. The van der Waals surface area contributed by atoms with Gasteiger partial charge in [0.05, 0.1) is 0 Å². The van der Waals surface area contributed by atoms with Crippen LogP contribution in [0.3, 0.4) is 0 Å². The Bertz CT molecular complexity index is 686. The van der Waals surface area contributed by atoms with E-state index < -0.39 is 29.1 Å². The number of nitrogens with zero attached hydrogens (tertiary/aromatic N) is 4. The molecule has 0 aliphatic rings. The van der Waals surface area contributed by atoms with Gasteiger partial charge in [-0.05, 0) is 31.9 Å². The molecule has 0 saturated heterocycles. The number of ether oxygens (including phenoxy) is 1. The van der Waals surface area contributed by atoms with Crippen molar-refractivity contribution in [3.63, 3.8) is 0 Å². The molecule has 1 atom stereocenters. The quantitative estimate of drug-likeness (QED) is 0.487. The standard InChI is InChI=1S/C17H24N4O4/c1-16(2,3)25-15(24)21(6)13(14(22)23)17(4,5)11-7-9-12(10-8-11)19-20-18/h7-10,13H,1-6H3,(H,22,23)/t13-/m1/s1. The molecule has 0 aromatic heterocycles. The van der Waals surface area contributed by atoms with Crippen LogP contribution in [0.2, 0.25) is 0 Å². The van der Waals surface area contributed by atoms with Crippen molar-refractivity contribution in [3.8, 4) is 0 Å². The van der Waals surface area contributed by atoms with Gasteiger partial charge in [0.2, 0.25) is 0 Å². The van der Waals surface area contributed by atoms with Crippen LogP contribution in [0.4, 0.5) is 10.5 Å². The number of hydrogen-bond donors (Lipinski definition) is 1. The van der Waals surface area contributed by atoms with Gasteiger partial charge in [-0.15, -0.1) is 0 Å². The first-order valence-electron chi connectivity index (χ1n) is 7.74. The third-order valence-corrected chi connectivity index (χ3v) is 3.76. The molecule has 25 heavy (non-hydrogen) atoms. The van der Waals surface area contributed by atoms with Gasteiger partial charge in [0.15, 0.2) is 0 Å². The van der Waals surface area contributed by atoms with Crippen LogP contribution in [0, 0.1) is 0 Å². The number of carboxylic acid groups (broad SMARTS) is 1. The van der Waals surface area contributed by atoms with E-state index in [1.165, 1.54) is 7.05 Å². The molecule has 0 spiro atoms. The van der Waals surface area contributed by atoms with Gasteiger partial charge in [-0.2, -0.15) is 0 Å². The van der Waals surface area contributed by atoms with Crippen molar-refractivity contribution in [2.24, 2.45) is 5.11 Å². The lowest BCUT2D eigenvalue weighted by Crippen LogP contribution is -2.54. The first-order chi connectivity index (χ1) is 11.4. The lowest BCUT2D eigenvalue weighted by molar-refractivity contribution is -0.145. The van der Waals surface area contributed by atoms with Crippen molar-refractivity contribution in [2.45, 2.75) is 51.7 Å². The van der Waals surface area contributed by atoms with Gasteiger partial charge in [0, 0.05) is 23.1 Å². The number of amides is 1. The van der Waals surface area contributed by atoms with Crippen LogP contribution in [0.15, 0.2) is 29.4 Å². The third-order valence-electron chi connectivity index (χ3n) is 3.76. The summed E-state index contributed by atoms with van der Waals surface area (Å²) in [6.45, 7) is 8.61. The Balaban J connectivity index is 3.20. The normalized spacial score (nSPS) is 12.7.